The molecular weight excluding hydrogens is 378 g/mol. The molecule has 2 aromatic rings. The van der Waals surface area contributed by atoms with Crippen LogP contribution in [0.4, 0.5) is 5.82 Å². The zero-order valence-corrected chi connectivity index (χ0v) is 17.1. The third-order valence-electron chi connectivity index (χ3n) is 3.99. The standard InChI is InChI=1S/C20H26ClN5O2/c1-14-4-7-18(25-13-14)26-19(27)9-11-24-20(22-2)23-10-8-15-5-6-16(28-3)12-17(15)21/h4-7,12-13H,8-11H2,1-3H3,(H2,22,23,24)(H,25,26,27). The van der Waals surface area contributed by atoms with Crippen LogP contribution in [0, 0.1) is 6.92 Å². The van der Waals surface area contributed by atoms with Crippen LogP contribution in [0.25, 0.3) is 0 Å². The van der Waals surface area contributed by atoms with Gasteiger partial charge in [-0.25, -0.2) is 4.98 Å². The summed E-state index contributed by atoms with van der Waals surface area (Å²) in [4.78, 5) is 20.3. The lowest BCUT2D eigenvalue weighted by molar-refractivity contribution is -0.116. The maximum atomic E-state index is 12.0. The zero-order valence-electron chi connectivity index (χ0n) is 16.4. The minimum Gasteiger partial charge on any atom is -0.497 e. The summed E-state index contributed by atoms with van der Waals surface area (Å²) in [6.07, 6.45) is 2.76. The van der Waals surface area contributed by atoms with Crippen molar-refractivity contribution in [3.05, 3.63) is 52.7 Å². The smallest absolute Gasteiger partial charge is 0.227 e. The SMILES string of the molecule is CN=C(NCCC(=O)Nc1ccc(C)cn1)NCCc1ccc(OC)cc1Cl. The summed E-state index contributed by atoms with van der Waals surface area (Å²) < 4.78 is 5.15. The van der Waals surface area contributed by atoms with Gasteiger partial charge in [0.1, 0.15) is 11.6 Å². The number of nitrogens with one attached hydrogen (secondary N) is 3. The van der Waals surface area contributed by atoms with Crippen molar-refractivity contribution in [2.75, 3.05) is 32.6 Å². The topological polar surface area (TPSA) is 87.6 Å². The van der Waals surface area contributed by atoms with Crippen LogP contribution in [0.5, 0.6) is 5.75 Å². The van der Waals surface area contributed by atoms with Crippen LogP contribution in [-0.2, 0) is 11.2 Å². The second-order valence-electron chi connectivity index (χ2n) is 6.15. The van der Waals surface area contributed by atoms with Gasteiger partial charge in [0.05, 0.1) is 7.11 Å². The molecule has 0 aliphatic rings. The molecule has 1 aromatic carbocycles. The minimum atomic E-state index is -0.107. The molecule has 0 radical (unpaired) electrons. The molecule has 1 amide bonds. The van der Waals surface area contributed by atoms with Gasteiger partial charge < -0.3 is 20.7 Å². The van der Waals surface area contributed by atoms with Crippen LogP contribution in [-0.4, -0.2) is 44.1 Å². The number of anilines is 1. The first kappa shape index (κ1) is 21.5. The van der Waals surface area contributed by atoms with Gasteiger partial charge in [0, 0.05) is 37.8 Å². The third kappa shape index (κ3) is 7.08. The maximum Gasteiger partial charge on any atom is 0.227 e. The number of rotatable bonds is 8. The summed E-state index contributed by atoms with van der Waals surface area (Å²) in [6, 6.07) is 9.32. The normalized spacial score (nSPS) is 11.1. The Morgan fingerprint density at radius 1 is 1.21 bits per heavy atom. The molecule has 0 unspecified atom stereocenters. The van der Waals surface area contributed by atoms with Gasteiger partial charge in [0.15, 0.2) is 5.96 Å². The first-order chi connectivity index (χ1) is 13.5. The molecular formula is C20H26ClN5O2. The van der Waals surface area contributed by atoms with Gasteiger partial charge in [-0.2, -0.15) is 0 Å². The molecule has 0 spiro atoms. The van der Waals surface area contributed by atoms with Gasteiger partial charge in [-0.15, -0.1) is 0 Å². The molecule has 0 saturated carbocycles. The number of aryl methyl sites for hydroxylation is 1. The summed E-state index contributed by atoms with van der Waals surface area (Å²) in [6.45, 7) is 3.07. The van der Waals surface area contributed by atoms with E-state index in [2.05, 4.69) is 25.9 Å². The van der Waals surface area contributed by atoms with Gasteiger partial charge >= 0.3 is 0 Å². The highest BCUT2D eigenvalue weighted by Gasteiger charge is 2.06. The van der Waals surface area contributed by atoms with Crippen LogP contribution < -0.4 is 20.7 Å². The number of amides is 1. The highest BCUT2D eigenvalue weighted by Crippen LogP contribution is 2.22. The summed E-state index contributed by atoms with van der Waals surface area (Å²) in [5.41, 5.74) is 2.07. The van der Waals surface area contributed by atoms with Crippen molar-refractivity contribution in [1.29, 1.82) is 0 Å². The number of carbonyl (C=O) groups excluding carboxylic acids is 1. The molecule has 1 heterocycles. The van der Waals surface area contributed by atoms with E-state index < -0.39 is 0 Å². The number of guanidine groups is 1. The van der Waals surface area contributed by atoms with Gasteiger partial charge in [0.2, 0.25) is 5.91 Å². The fourth-order valence-corrected chi connectivity index (χ4v) is 2.70. The van der Waals surface area contributed by atoms with E-state index in [1.807, 2.05) is 25.1 Å². The highest BCUT2D eigenvalue weighted by molar-refractivity contribution is 6.31. The summed E-state index contributed by atoms with van der Waals surface area (Å²) >= 11 is 6.25. The van der Waals surface area contributed by atoms with Gasteiger partial charge in [0.25, 0.3) is 0 Å². The third-order valence-corrected chi connectivity index (χ3v) is 4.35. The number of hydrogen-bond acceptors (Lipinski definition) is 4. The van der Waals surface area contributed by atoms with Crippen molar-refractivity contribution in [1.82, 2.24) is 15.6 Å². The number of halogens is 1. The van der Waals surface area contributed by atoms with E-state index in [0.29, 0.717) is 36.3 Å². The van der Waals surface area contributed by atoms with Gasteiger partial charge in [-0.1, -0.05) is 23.7 Å². The Morgan fingerprint density at radius 3 is 2.64 bits per heavy atom. The fraction of sp³-hybridized carbons (Fsp3) is 0.350. The molecule has 0 saturated heterocycles. The van der Waals surface area contributed by atoms with Gasteiger partial charge in [-0.05, 0) is 42.7 Å². The Bertz CT molecular complexity index is 809. The number of ether oxygens (including phenoxy) is 1. The molecule has 0 aliphatic heterocycles. The predicted octanol–water partition coefficient (Wildman–Crippen LogP) is 2.79. The van der Waals surface area contributed by atoms with Crippen molar-refractivity contribution < 1.29 is 9.53 Å². The molecule has 3 N–H and O–H groups in total. The number of aliphatic imine (C=N–C) groups is 1. The average molecular weight is 404 g/mol. The number of methoxy groups -OCH3 is 1. The maximum absolute atomic E-state index is 12.0. The fourth-order valence-electron chi connectivity index (χ4n) is 2.44. The Kier molecular flexibility index (Phi) is 8.55. The van der Waals surface area contributed by atoms with E-state index in [9.17, 15) is 4.79 Å². The average Bonchev–Trinajstić information content (AvgIpc) is 2.69. The largest absolute Gasteiger partial charge is 0.497 e. The summed E-state index contributed by atoms with van der Waals surface area (Å²) in [7, 11) is 3.30. The number of aromatic nitrogens is 1. The Morgan fingerprint density at radius 2 is 2.00 bits per heavy atom. The molecule has 7 nitrogen and oxygen atoms in total. The monoisotopic (exact) mass is 403 g/mol. The molecule has 0 aliphatic carbocycles. The van der Waals surface area contributed by atoms with Crippen LogP contribution >= 0.6 is 11.6 Å². The van der Waals surface area contributed by atoms with Crippen LogP contribution in [0.15, 0.2) is 41.5 Å². The molecule has 28 heavy (non-hydrogen) atoms. The van der Waals surface area contributed by atoms with Crippen molar-refractivity contribution in [3.63, 3.8) is 0 Å². The van der Waals surface area contributed by atoms with E-state index in [4.69, 9.17) is 16.3 Å². The second kappa shape index (κ2) is 11.1. The molecule has 0 bridgehead atoms. The molecule has 150 valence electrons. The number of carbonyl (C=O) groups is 1. The number of nitrogens with zero attached hydrogens (tertiary/aromatic N) is 2. The molecule has 0 fully saturated rings. The molecule has 8 heteroatoms. The first-order valence-electron chi connectivity index (χ1n) is 9.01. The summed E-state index contributed by atoms with van der Waals surface area (Å²) in [5, 5.41) is 9.76. The highest BCUT2D eigenvalue weighted by atomic mass is 35.5. The Balaban J connectivity index is 1.69. The zero-order chi connectivity index (χ0) is 20.4. The van der Waals surface area contributed by atoms with E-state index in [1.165, 1.54) is 0 Å². The first-order valence-corrected chi connectivity index (χ1v) is 9.39. The number of pyridine rings is 1. The van der Waals surface area contributed by atoms with E-state index in [0.717, 1.165) is 23.3 Å². The van der Waals surface area contributed by atoms with E-state index in [-0.39, 0.29) is 5.91 Å². The van der Waals surface area contributed by atoms with Crippen LogP contribution in [0.1, 0.15) is 17.5 Å². The number of hydrogen-bond donors (Lipinski definition) is 3. The van der Waals surface area contributed by atoms with E-state index >= 15 is 0 Å². The van der Waals surface area contributed by atoms with Crippen molar-refractivity contribution in [3.8, 4) is 5.75 Å². The van der Waals surface area contributed by atoms with Crippen molar-refractivity contribution in [2.24, 2.45) is 4.99 Å². The lowest BCUT2D eigenvalue weighted by Gasteiger charge is -2.12. The molecule has 2 rings (SSSR count). The Labute approximate surface area is 170 Å². The second-order valence-corrected chi connectivity index (χ2v) is 6.56. The van der Waals surface area contributed by atoms with Crippen molar-refractivity contribution in [2.45, 2.75) is 19.8 Å². The lowest BCUT2D eigenvalue weighted by atomic mass is 10.1. The molecule has 1 aromatic heterocycles. The quantitative estimate of drug-likeness (QED) is 0.466. The van der Waals surface area contributed by atoms with Crippen LogP contribution in [0.3, 0.4) is 0 Å². The van der Waals surface area contributed by atoms with E-state index in [1.54, 1.807) is 32.5 Å². The van der Waals surface area contributed by atoms with Gasteiger partial charge in [-0.3, -0.25) is 9.79 Å². The molecule has 0 atom stereocenters. The van der Waals surface area contributed by atoms with Crippen LogP contribution in [0.2, 0.25) is 5.02 Å². The lowest BCUT2D eigenvalue weighted by Crippen LogP contribution is -2.39. The van der Waals surface area contributed by atoms with Crippen molar-refractivity contribution >= 4 is 29.3 Å². The summed E-state index contributed by atoms with van der Waals surface area (Å²) in [5.74, 6) is 1.81. The number of benzene rings is 1. The minimum absolute atomic E-state index is 0.107. The predicted molar refractivity (Wildman–Crippen MR) is 113 cm³/mol. The Hall–Kier alpha value is -2.80.